The van der Waals surface area contributed by atoms with E-state index in [9.17, 15) is 4.79 Å². The molecule has 1 aromatic heterocycles. The minimum atomic E-state index is -0.406. The van der Waals surface area contributed by atoms with Crippen LogP contribution in [0.25, 0.3) is 10.9 Å². The second kappa shape index (κ2) is 5.40. The van der Waals surface area contributed by atoms with Crippen molar-refractivity contribution in [1.29, 1.82) is 5.26 Å². The van der Waals surface area contributed by atoms with Gasteiger partial charge in [-0.25, -0.2) is 0 Å². The number of fused-ring (bicyclic) bond motifs is 1. The SMILES string of the molecule is Cn1c(=O)c(C#N)c(Cl)c2ccc(OC3CCOC3)cc21. The largest absolute Gasteiger partial charge is 0.488 e. The Labute approximate surface area is 126 Å². The summed E-state index contributed by atoms with van der Waals surface area (Å²) >= 11 is 6.14. The van der Waals surface area contributed by atoms with Crippen LogP contribution < -0.4 is 10.3 Å². The van der Waals surface area contributed by atoms with E-state index in [2.05, 4.69) is 0 Å². The third kappa shape index (κ3) is 2.37. The Morgan fingerprint density at radius 1 is 1.52 bits per heavy atom. The first-order chi connectivity index (χ1) is 10.1. The molecule has 0 radical (unpaired) electrons. The van der Waals surface area contributed by atoms with Gasteiger partial charge in [-0.05, 0) is 12.1 Å². The molecule has 1 aromatic carbocycles. The van der Waals surface area contributed by atoms with Crippen LogP contribution in [-0.2, 0) is 11.8 Å². The molecule has 2 aromatic rings. The van der Waals surface area contributed by atoms with Crippen molar-refractivity contribution >= 4 is 22.5 Å². The topological polar surface area (TPSA) is 64.2 Å². The fourth-order valence-corrected chi connectivity index (χ4v) is 2.73. The molecule has 5 nitrogen and oxygen atoms in total. The first kappa shape index (κ1) is 13.9. The standard InChI is InChI=1S/C15H13ClN2O3/c1-18-13-6-9(21-10-4-5-20-8-10)2-3-11(13)14(16)12(7-17)15(18)19/h2-3,6,10H,4-5,8H2,1H3. The Balaban J connectivity index is 2.11. The molecule has 21 heavy (non-hydrogen) atoms. The number of ether oxygens (including phenoxy) is 2. The number of hydrogen-bond donors (Lipinski definition) is 0. The number of aromatic nitrogens is 1. The molecule has 1 atom stereocenters. The first-order valence-corrected chi connectivity index (χ1v) is 6.96. The van der Waals surface area contributed by atoms with Crippen molar-refractivity contribution in [3.05, 3.63) is 39.1 Å². The number of halogens is 1. The summed E-state index contributed by atoms with van der Waals surface area (Å²) in [5.74, 6) is 0.661. The second-order valence-electron chi connectivity index (χ2n) is 4.95. The van der Waals surface area contributed by atoms with Crippen LogP contribution in [0, 0.1) is 11.3 Å². The van der Waals surface area contributed by atoms with E-state index in [-0.39, 0.29) is 16.7 Å². The highest BCUT2D eigenvalue weighted by Crippen LogP contribution is 2.28. The highest BCUT2D eigenvalue weighted by atomic mass is 35.5. The van der Waals surface area contributed by atoms with E-state index >= 15 is 0 Å². The zero-order valence-corrected chi connectivity index (χ0v) is 12.2. The predicted molar refractivity (Wildman–Crippen MR) is 78.8 cm³/mol. The van der Waals surface area contributed by atoms with Crippen molar-refractivity contribution in [3.63, 3.8) is 0 Å². The average Bonchev–Trinajstić information content (AvgIpc) is 2.98. The van der Waals surface area contributed by atoms with Crippen LogP contribution >= 0.6 is 11.6 Å². The summed E-state index contributed by atoms with van der Waals surface area (Å²) in [6.45, 7) is 1.28. The van der Waals surface area contributed by atoms with E-state index < -0.39 is 5.56 Å². The van der Waals surface area contributed by atoms with Gasteiger partial charge in [-0.15, -0.1) is 0 Å². The summed E-state index contributed by atoms with van der Waals surface area (Å²) in [6.07, 6.45) is 0.888. The Morgan fingerprint density at radius 3 is 3.00 bits per heavy atom. The second-order valence-corrected chi connectivity index (χ2v) is 5.33. The molecule has 3 rings (SSSR count). The first-order valence-electron chi connectivity index (χ1n) is 6.58. The highest BCUT2D eigenvalue weighted by Gasteiger charge is 2.18. The van der Waals surface area contributed by atoms with Crippen LogP contribution in [0.4, 0.5) is 0 Å². The maximum absolute atomic E-state index is 12.1. The van der Waals surface area contributed by atoms with Crippen LogP contribution in [0.5, 0.6) is 5.75 Å². The van der Waals surface area contributed by atoms with Gasteiger partial charge in [-0.2, -0.15) is 5.26 Å². The Morgan fingerprint density at radius 2 is 2.33 bits per heavy atom. The Bertz CT molecular complexity index is 801. The van der Waals surface area contributed by atoms with Gasteiger partial charge in [0.15, 0.2) is 0 Å². The lowest BCUT2D eigenvalue weighted by atomic mass is 10.1. The van der Waals surface area contributed by atoms with Crippen LogP contribution in [0.2, 0.25) is 5.02 Å². The maximum atomic E-state index is 12.1. The van der Waals surface area contributed by atoms with Gasteiger partial charge >= 0.3 is 0 Å². The van der Waals surface area contributed by atoms with Crippen LogP contribution in [0.1, 0.15) is 12.0 Å². The number of rotatable bonds is 2. The van der Waals surface area contributed by atoms with Gasteiger partial charge in [0.25, 0.3) is 5.56 Å². The van der Waals surface area contributed by atoms with E-state index in [4.69, 9.17) is 26.3 Å². The monoisotopic (exact) mass is 304 g/mol. The van der Waals surface area contributed by atoms with E-state index in [1.807, 2.05) is 6.07 Å². The molecular formula is C15H13ClN2O3. The summed E-state index contributed by atoms with van der Waals surface area (Å²) in [4.78, 5) is 12.1. The molecule has 0 spiro atoms. The third-order valence-electron chi connectivity index (χ3n) is 3.61. The van der Waals surface area contributed by atoms with E-state index in [1.54, 1.807) is 25.2 Å². The van der Waals surface area contributed by atoms with Gasteiger partial charge < -0.3 is 14.0 Å². The lowest BCUT2D eigenvalue weighted by Gasteiger charge is -2.14. The summed E-state index contributed by atoms with van der Waals surface area (Å²) in [6, 6.07) is 7.18. The van der Waals surface area contributed by atoms with E-state index in [1.165, 1.54) is 4.57 Å². The average molecular weight is 305 g/mol. The van der Waals surface area contributed by atoms with Gasteiger partial charge in [-0.3, -0.25) is 4.79 Å². The molecule has 0 N–H and O–H groups in total. The molecule has 0 aliphatic carbocycles. The highest BCUT2D eigenvalue weighted by molar-refractivity contribution is 6.36. The molecule has 0 amide bonds. The van der Waals surface area contributed by atoms with Crippen LogP contribution in [0.3, 0.4) is 0 Å². The predicted octanol–water partition coefficient (Wildman–Crippen LogP) is 2.23. The summed E-state index contributed by atoms with van der Waals surface area (Å²) in [7, 11) is 1.62. The third-order valence-corrected chi connectivity index (χ3v) is 4.00. The number of benzene rings is 1. The minimum absolute atomic E-state index is 0.0355. The summed E-state index contributed by atoms with van der Waals surface area (Å²) < 4.78 is 12.5. The lowest BCUT2D eigenvalue weighted by Crippen LogP contribution is -2.21. The van der Waals surface area contributed by atoms with Gasteiger partial charge in [0.05, 0.1) is 23.8 Å². The number of nitrogens with zero attached hydrogens (tertiary/aromatic N) is 2. The number of pyridine rings is 1. The van der Waals surface area contributed by atoms with Gasteiger partial charge in [0, 0.05) is 24.9 Å². The van der Waals surface area contributed by atoms with E-state index in [0.717, 1.165) is 6.42 Å². The summed E-state index contributed by atoms with van der Waals surface area (Å²) in [5.41, 5.74) is 0.196. The molecule has 1 saturated heterocycles. The van der Waals surface area contributed by atoms with Crippen molar-refractivity contribution < 1.29 is 9.47 Å². The van der Waals surface area contributed by atoms with Gasteiger partial charge in [0.2, 0.25) is 0 Å². The van der Waals surface area contributed by atoms with Crippen LogP contribution in [-0.4, -0.2) is 23.9 Å². The van der Waals surface area contributed by atoms with E-state index in [0.29, 0.717) is 29.9 Å². The Kier molecular flexibility index (Phi) is 3.58. The molecule has 0 bridgehead atoms. The van der Waals surface area contributed by atoms with Gasteiger partial charge in [0.1, 0.15) is 23.5 Å². The fourth-order valence-electron chi connectivity index (χ4n) is 2.45. The maximum Gasteiger partial charge on any atom is 0.270 e. The fraction of sp³-hybridized carbons (Fsp3) is 0.333. The number of hydrogen-bond acceptors (Lipinski definition) is 4. The Hall–Kier alpha value is -2.03. The smallest absolute Gasteiger partial charge is 0.270 e. The molecule has 1 aliphatic rings. The summed E-state index contributed by atoms with van der Waals surface area (Å²) in [5, 5.41) is 9.89. The lowest BCUT2D eigenvalue weighted by molar-refractivity contribution is 0.141. The molecule has 1 unspecified atom stereocenters. The quantitative estimate of drug-likeness (QED) is 0.853. The zero-order chi connectivity index (χ0) is 15.0. The molecule has 2 heterocycles. The molecule has 6 heteroatoms. The van der Waals surface area contributed by atoms with Crippen molar-refractivity contribution in [3.8, 4) is 11.8 Å². The molecule has 1 fully saturated rings. The van der Waals surface area contributed by atoms with Gasteiger partial charge in [-0.1, -0.05) is 11.6 Å². The van der Waals surface area contributed by atoms with Crippen LogP contribution in [0.15, 0.2) is 23.0 Å². The molecule has 108 valence electrons. The minimum Gasteiger partial charge on any atom is -0.488 e. The van der Waals surface area contributed by atoms with Crippen molar-refractivity contribution in [1.82, 2.24) is 4.57 Å². The molecule has 1 aliphatic heterocycles. The number of nitriles is 1. The number of aryl methyl sites for hydroxylation is 1. The van der Waals surface area contributed by atoms with Crippen molar-refractivity contribution in [2.75, 3.05) is 13.2 Å². The molecule has 0 saturated carbocycles. The zero-order valence-electron chi connectivity index (χ0n) is 11.4. The molecular weight excluding hydrogens is 292 g/mol. The normalized spacial score (nSPS) is 17.9. The van der Waals surface area contributed by atoms with Crippen molar-refractivity contribution in [2.24, 2.45) is 7.05 Å². The van der Waals surface area contributed by atoms with Crippen molar-refractivity contribution in [2.45, 2.75) is 12.5 Å².